The molecule has 0 aliphatic carbocycles. The predicted octanol–water partition coefficient (Wildman–Crippen LogP) is 4.38. The molecule has 4 rings (SSSR count). The van der Waals surface area contributed by atoms with Crippen LogP contribution in [0, 0.1) is 0 Å². The maximum Gasteiger partial charge on any atom is 0.227 e. The highest BCUT2D eigenvalue weighted by Gasteiger charge is 2.16. The van der Waals surface area contributed by atoms with Crippen LogP contribution in [0.4, 0.5) is 0 Å². The van der Waals surface area contributed by atoms with Gasteiger partial charge in [-0.3, -0.25) is 4.79 Å². The third-order valence-corrected chi connectivity index (χ3v) is 4.28. The largest absolute Gasteiger partial charge is 0.467 e. The molecule has 0 saturated carbocycles. The van der Waals surface area contributed by atoms with Gasteiger partial charge in [-0.2, -0.15) is 0 Å². The Morgan fingerprint density at radius 3 is 2.75 bits per heavy atom. The topological polar surface area (TPSA) is 46.6 Å². The Morgan fingerprint density at radius 2 is 1.92 bits per heavy atom. The molecule has 4 heteroatoms. The molecule has 0 atom stereocenters. The van der Waals surface area contributed by atoms with Crippen molar-refractivity contribution in [2.24, 2.45) is 0 Å². The summed E-state index contributed by atoms with van der Waals surface area (Å²) in [5, 5.41) is 3.28. The zero-order valence-electron chi connectivity index (χ0n) is 13.4. The predicted molar refractivity (Wildman–Crippen MR) is 92.6 cm³/mol. The van der Waals surface area contributed by atoms with Crippen LogP contribution in [0.25, 0.3) is 21.7 Å². The van der Waals surface area contributed by atoms with Crippen molar-refractivity contribution < 1.29 is 13.6 Å². The highest BCUT2D eigenvalue weighted by molar-refractivity contribution is 6.08. The van der Waals surface area contributed by atoms with Crippen LogP contribution in [0.2, 0.25) is 0 Å². The van der Waals surface area contributed by atoms with Gasteiger partial charge in [-0.05, 0) is 29.0 Å². The van der Waals surface area contributed by atoms with Gasteiger partial charge < -0.3 is 13.7 Å². The van der Waals surface area contributed by atoms with Gasteiger partial charge in [0.2, 0.25) is 5.91 Å². The third-order valence-electron chi connectivity index (χ3n) is 4.28. The normalized spacial score (nSPS) is 11.2. The monoisotopic (exact) mass is 319 g/mol. The molecule has 4 nitrogen and oxygen atoms in total. The van der Waals surface area contributed by atoms with E-state index in [2.05, 4.69) is 12.1 Å². The Bertz CT molecular complexity index is 998. The molecule has 1 amide bonds. The van der Waals surface area contributed by atoms with Crippen LogP contribution in [-0.2, 0) is 17.8 Å². The Balaban J connectivity index is 1.64. The van der Waals surface area contributed by atoms with E-state index in [0.29, 0.717) is 13.0 Å². The Hall–Kier alpha value is -3.01. The van der Waals surface area contributed by atoms with Gasteiger partial charge in [0.25, 0.3) is 0 Å². The summed E-state index contributed by atoms with van der Waals surface area (Å²) in [6.07, 6.45) is 3.61. The van der Waals surface area contributed by atoms with Crippen LogP contribution in [0.3, 0.4) is 0 Å². The summed E-state index contributed by atoms with van der Waals surface area (Å²) in [5.41, 5.74) is 1.73. The van der Waals surface area contributed by atoms with Crippen molar-refractivity contribution in [2.75, 3.05) is 7.05 Å². The van der Waals surface area contributed by atoms with Gasteiger partial charge in [-0.15, -0.1) is 0 Å². The molecular formula is C20H17NO3. The van der Waals surface area contributed by atoms with E-state index in [9.17, 15) is 4.79 Å². The number of hydrogen-bond acceptors (Lipinski definition) is 3. The summed E-state index contributed by atoms with van der Waals surface area (Å²) in [6.45, 7) is 0.461. The summed E-state index contributed by atoms with van der Waals surface area (Å²) in [4.78, 5) is 14.2. The number of amides is 1. The molecule has 0 radical (unpaired) electrons. The summed E-state index contributed by atoms with van der Waals surface area (Å²) in [6, 6.07) is 15.8. The SMILES string of the molecule is CN(Cc1ccco1)C(=O)Cc1coc2ccc3ccccc3c12. The van der Waals surface area contributed by atoms with E-state index in [1.807, 2.05) is 36.4 Å². The molecule has 0 N–H and O–H groups in total. The van der Waals surface area contributed by atoms with Gasteiger partial charge in [0.05, 0.1) is 25.5 Å². The summed E-state index contributed by atoms with van der Waals surface area (Å²) < 4.78 is 11.0. The van der Waals surface area contributed by atoms with Crippen LogP contribution in [0.5, 0.6) is 0 Å². The third kappa shape index (κ3) is 2.56. The molecule has 0 bridgehead atoms. The number of nitrogens with zero attached hydrogens (tertiary/aromatic N) is 1. The molecule has 4 aromatic rings. The number of likely N-dealkylation sites (N-methyl/N-ethyl adjacent to an activating group) is 1. The number of rotatable bonds is 4. The summed E-state index contributed by atoms with van der Waals surface area (Å²) >= 11 is 0. The molecule has 24 heavy (non-hydrogen) atoms. The Labute approximate surface area is 139 Å². The van der Waals surface area contributed by atoms with E-state index in [1.54, 1.807) is 24.5 Å². The smallest absolute Gasteiger partial charge is 0.227 e. The summed E-state index contributed by atoms with van der Waals surface area (Å²) in [5.74, 6) is 0.801. The number of carbonyl (C=O) groups is 1. The van der Waals surface area contributed by atoms with Gasteiger partial charge in [0, 0.05) is 18.0 Å². The molecule has 2 heterocycles. The van der Waals surface area contributed by atoms with Crippen molar-refractivity contribution in [3.63, 3.8) is 0 Å². The van der Waals surface area contributed by atoms with E-state index in [-0.39, 0.29) is 5.91 Å². The quantitative estimate of drug-likeness (QED) is 0.561. The van der Waals surface area contributed by atoms with Crippen molar-refractivity contribution in [2.45, 2.75) is 13.0 Å². The second kappa shape index (κ2) is 5.89. The van der Waals surface area contributed by atoms with Crippen molar-refractivity contribution >= 4 is 27.6 Å². The number of benzene rings is 2. The minimum Gasteiger partial charge on any atom is -0.467 e. The standard InChI is InChI=1S/C20H17NO3/c1-21(12-16-6-4-10-23-16)19(22)11-15-13-24-18-9-8-14-5-2-3-7-17(14)20(15)18/h2-10,13H,11-12H2,1H3. The molecule has 0 aliphatic heterocycles. The maximum atomic E-state index is 12.6. The average molecular weight is 319 g/mol. The second-order valence-corrected chi connectivity index (χ2v) is 5.93. The zero-order chi connectivity index (χ0) is 16.5. The van der Waals surface area contributed by atoms with Gasteiger partial charge in [0.1, 0.15) is 11.3 Å². The van der Waals surface area contributed by atoms with E-state index >= 15 is 0 Å². The Morgan fingerprint density at radius 1 is 1.04 bits per heavy atom. The van der Waals surface area contributed by atoms with Crippen LogP contribution in [-0.4, -0.2) is 17.9 Å². The van der Waals surface area contributed by atoms with E-state index < -0.39 is 0 Å². The van der Waals surface area contributed by atoms with Gasteiger partial charge in [-0.1, -0.05) is 30.3 Å². The van der Waals surface area contributed by atoms with Gasteiger partial charge in [-0.25, -0.2) is 0 Å². The van der Waals surface area contributed by atoms with Crippen molar-refractivity contribution in [1.29, 1.82) is 0 Å². The van der Waals surface area contributed by atoms with Gasteiger partial charge >= 0.3 is 0 Å². The van der Waals surface area contributed by atoms with E-state index in [0.717, 1.165) is 33.1 Å². The van der Waals surface area contributed by atoms with Crippen molar-refractivity contribution in [3.8, 4) is 0 Å². The van der Waals surface area contributed by atoms with Gasteiger partial charge in [0.15, 0.2) is 0 Å². The van der Waals surface area contributed by atoms with Crippen molar-refractivity contribution in [1.82, 2.24) is 4.90 Å². The second-order valence-electron chi connectivity index (χ2n) is 5.93. The van der Waals surface area contributed by atoms with Crippen LogP contribution < -0.4 is 0 Å². The van der Waals surface area contributed by atoms with Crippen LogP contribution in [0.1, 0.15) is 11.3 Å². The number of furan rings is 2. The van der Waals surface area contributed by atoms with Crippen LogP contribution in [0.15, 0.2) is 69.9 Å². The van der Waals surface area contributed by atoms with E-state index in [4.69, 9.17) is 8.83 Å². The highest BCUT2D eigenvalue weighted by atomic mass is 16.3. The lowest BCUT2D eigenvalue weighted by molar-refractivity contribution is -0.129. The van der Waals surface area contributed by atoms with E-state index in [1.165, 1.54) is 0 Å². The molecule has 0 unspecified atom stereocenters. The first kappa shape index (κ1) is 14.6. The maximum absolute atomic E-state index is 12.6. The fourth-order valence-electron chi connectivity index (χ4n) is 3.03. The fraction of sp³-hybridized carbons (Fsp3) is 0.150. The molecule has 2 aromatic heterocycles. The number of fused-ring (bicyclic) bond motifs is 3. The first-order valence-electron chi connectivity index (χ1n) is 7.86. The molecule has 0 fully saturated rings. The summed E-state index contributed by atoms with van der Waals surface area (Å²) in [7, 11) is 1.78. The fourth-order valence-corrected chi connectivity index (χ4v) is 3.03. The van der Waals surface area contributed by atoms with Crippen LogP contribution >= 0.6 is 0 Å². The molecule has 2 aromatic carbocycles. The molecule has 120 valence electrons. The lowest BCUT2D eigenvalue weighted by Gasteiger charge is -2.15. The minimum atomic E-state index is 0.0297. The minimum absolute atomic E-state index is 0.0297. The average Bonchev–Trinajstić information content (AvgIpc) is 3.25. The number of hydrogen-bond donors (Lipinski definition) is 0. The lowest BCUT2D eigenvalue weighted by Crippen LogP contribution is -2.27. The highest BCUT2D eigenvalue weighted by Crippen LogP contribution is 2.30. The molecule has 0 aliphatic rings. The molecule has 0 spiro atoms. The molecule has 0 saturated heterocycles. The first-order chi connectivity index (χ1) is 11.7. The zero-order valence-corrected chi connectivity index (χ0v) is 13.4. The first-order valence-corrected chi connectivity index (χ1v) is 7.86. The van der Waals surface area contributed by atoms with Crippen molar-refractivity contribution in [3.05, 3.63) is 72.4 Å². The Kier molecular flexibility index (Phi) is 3.58. The molecular weight excluding hydrogens is 302 g/mol. The lowest BCUT2D eigenvalue weighted by atomic mass is 10.0. The number of carbonyl (C=O) groups excluding carboxylic acids is 1.